The van der Waals surface area contributed by atoms with Crippen LogP contribution >= 0.6 is 0 Å². The number of sulfone groups is 1. The molecular formula is C9H10F3NO2S. The summed E-state index contributed by atoms with van der Waals surface area (Å²) in [5.41, 5.74) is 0.509. The summed E-state index contributed by atoms with van der Waals surface area (Å²) in [7, 11) is -5.29. The molecule has 0 bridgehead atoms. The van der Waals surface area contributed by atoms with Gasteiger partial charge in [-0.25, -0.2) is 8.42 Å². The molecule has 0 spiro atoms. The van der Waals surface area contributed by atoms with Gasteiger partial charge < -0.3 is 5.73 Å². The molecule has 1 atom stereocenters. The van der Waals surface area contributed by atoms with Gasteiger partial charge in [-0.15, -0.1) is 0 Å². The van der Waals surface area contributed by atoms with Gasteiger partial charge in [0.05, 0.1) is 4.90 Å². The van der Waals surface area contributed by atoms with E-state index in [-0.39, 0.29) is 0 Å². The Morgan fingerprint density at radius 1 is 1.31 bits per heavy atom. The van der Waals surface area contributed by atoms with Crippen molar-refractivity contribution in [3.05, 3.63) is 29.8 Å². The minimum atomic E-state index is -5.29. The Morgan fingerprint density at radius 3 is 2.31 bits per heavy atom. The first-order valence-corrected chi connectivity index (χ1v) is 5.81. The standard InChI is InChI=1S/C9H10F3NO2S/c1-6(13)7-3-2-4-8(5-7)16(14,15)9(10,11)12/h2-6H,13H2,1H3. The van der Waals surface area contributed by atoms with Crippen LogP contribution in [0.1, 0.15) is 18.5 Å². The lowest BCUT2D eigenvalue weighted by Gasteiger charge is -2.10. The second-order valence-electron chi connectivity index (χ2n) is 3.31. The van der Waals surface area contributed by atoms with Gasteiger partial charge in [-0.2, -0.15) is 13.2 Å². The van der Waals surface area contributed by atoms with E-state index < -0.39 is 26.3 Å². The van der Waals surface area contributed by atoms with Crippen LogP contribution in [0.4, 0.5) is 13.2 Å². The lowest BCUT2D eigenvalue weighted by atomic mass is 10.1. The van der Waals surface area contributed by atoms with Gasteiger partial charge in [0, 0.05) is 6.04 Å². The van der Waals surface area contributed by atoms with Crippen LogP contribution < -0.4 is 5.73 Å². The zero-order chi connectivity index (χ0) is 12.6. The lowest BCUT2D eigenvalue weighted by Crippen LogP contribution is -2.23. The molecule has 0 radical (unpaired) electrons. The Bertz CT molecular complexity index is 480. The van der Waals surface area contributed by atoms with E-state index in [2.05, 4.69) is 0 Å². The molecule has 0 aliphatic rings. The van der Waals surface area contributed by atoms with Crippen molar-refractivity contribution in [3.8, 4) is 0 Å². The summed E-state index contributed by atoms with van der Waals surface area (Å²) in [5.74, 6) is 0. The predicted molar refractivity (Wildman–Crippen MR) is 52.3 cm³/mol. The number of hydrogen-bond donors (Lipinski definition) is 1. The molecule has 16 heavy (non-hydrogen) atoms. The van der Waals surface area contributed by atoms with Crippen LogP contribution in [-0.2, 0) is 9.84 Å². The van der Waals surface area contributed by atoms with Crippen LogP contribution in [0.15, 0.2) is 29.2 Å². The Hall–Kier alpha value is -1.08. The Morgan fingerprint density at radius 2 is 1.88 bits per heavy atom. The second kappa shape index (κ2) is 4.06. The van der Waals surface area contributed by atoms with E-state index in [1.165, 1.54) is 12.1 Å². The van der Waals surface area contributed by atoms with Crippen LogP contribution in [0, 0.1) is 0 Å². The summed E-state index contributed by atoms with van der Waals surface area (Å²) in [6.45, 7) is 1.55. The highest BCUT2D eigenvalue weighted by atomic mass is 32.2. The summed E-state index contributed by atoms with van der Waals surface area (Å²) in [6.07, 6.45) is 0. The topological polar surface area (TPSA) is 60.2 Å². The second-order valence-corrected chi connectivity index (χ2v) is 5.25. The highest BCUT2D eigenvalue weighted by Crippen LogP contribution is 2.30. The van der Waals surface area contributed by atoms with Crippen molar-refractivity contribution in [2.45, 2.75) is 23.4 Å². The molecule has 1 unspecified atom stereocenters. The van der Waals surface area contributed by atoms with Crippen molar-refractivity contribution in [3.63, 3.8) is 0 Å². The monoisotopic (exact) mass is 253 g/mol. The van der Waals surface area contributed by atoms with Crippen LogP contribution in [0.3, 0.4) is 0 Å². The molecule has 0 aliphatic carbocycles. The fraction of sp³-hybridized carbons (Fsp3) is 0.333. The largest absolute Gasteiger partial charge is 0.501 e. The van der Waals surface area contributed by atoms with E-state index in [9.17, 15) is 21.6 Å². The highest BCUT2D eigenvalue weighted by molar-refractivity contribution is 7.92. The molecule has 90 valence electrons. The first kappa shape index (κ1) is 13.0. The molecule has 3 nitrogen and oxygen atoms in total. The third-order valence-corrected chi connectivity index (χ3v) is 3.48. The highest BCUT2D eigenvalue weighted by Gasteiger charge is 2.46. The van der Waals surface area contributed by atoms with Gasteiger partial charge in [0.15, 0.2) is 0 Å². The van der Waals surface area contributed by atoms with Gasteiger partial charge in [-0.3, -0.25) is 0 Å². The van der Waals surface area contributed by atoms with E-state index in [0.717, 1.165) is 12.1 Å². The minimum Gasteiger partial charge on any atom is -0.324 e. The van der Waals surface area contributed by atoms with Crippen molar-refractivity contribution >= 4 is 9.84 Å². The van der Waals surface area contributed by atoms with E-state index >= 15 is 0 Å². The van der Waals surface area contributed by atoms with E-state index in [1.54, 1.807) is 6.92 Å². The van der Waals surface area contributed by atoms with Gasteiger partial charge in [0.25, 0.3) is 9.84 Å². The molecule has 0 aromatic heterocycles. The van der Waals surface area contributed by atoms with Crippen LogP contribution in [0.25, 0.3) is 0 Å². The maximum absolute atomic E-state index is 12.2. The average molecular weight is 253 g/mol. The molecule has 0 fully saturated rings. The number of benzene rings is 1. The normalized spacial score (nSPS) is 14.8. The predicted octanol–water partition coefficient (Wildman–Crippen LogP) is 2.00. The third kappa shape index (κ3) is 2.35. The molecule has 1 aromatic rings. The number of hydrogen-bond acceptors (Lipinski definition) is 3. The maximum atomic E-state index is 12.2. The Labute approximate surface area is 91.0 Å². The molecule has 0 amide bonds. The van der Waals surface area contributed by atoms with Gasteiger partial charge in [0.1, 0.15) is 0 Å². The average Bonchev–Trinajstić information content (AvgIpc) is 2.16. The van der Waals surface area contributed by atoms with Crippen LogP contribution in [0.5, 0.6) is 0 Å². The van der Waals surface area contributed by atoms with Crippen molar-refractivity contribution in [1.29, 1.82) is 0 Å². The SMILES string of the molecule is CC(N)c1cccc(S(=O)(=O)C(F)(F)F)c1. The third-order valence-electron chi connectivity index (χ3n) is 2.00. The number of halogens is 3. The summed E-state index contributed by atoms with van der Waals surface area (Å²) in [4.78, 5) is -0.783. The van der Waals surface area contributed by atoms with Crippen molar-refractivity contribution in [2.75, 3.05) is 0 Å². The molecule has 0 heterocycles. The lowest BCUT2D eigenvalue weighted by molar-refractivity contribution is -0.0436. The Kier molecular flexibility index (Phi) is 3.30. The molecule has 2 N–H and O–H groups in total. The van der Waals surface area contributed by atoms with Crippen molar-refractivity contribution < 1.29 is 21.6 Å². The molecular weight excluding hydrogens is 243 g/mol. The quantitative estimate of drug-likeness (QED) is 0.876. The fourth-order valence-corrected chi connectivity index (χ4v) is 1.91. The van der Waals surface area contributed by atoms with Crippen LogP contribution in [0.2, 0.25) is 0 Å². The van der Waals surface area contributed by atoms with Gasteiger partial charge in [-0.1, -0.05) is 12.1 Å². The summed E-state index contributed by atoms with van der Waals surface area (Å²) in [5, 5.41) is 0. The van der Waals surface area contributed by atoms with Crippen molar-refractivity contribution in [1.82, 2.24) is 0 Å². The molecule has 1 rings (SSSR count). The van der Waals surface area contributed by atoms with Gasteiger partial charge in [-0.05, 0) is 24.6 Å². The zero-order valence-corrected chi connectivity index (χ0v) is 9.14. The first-order valence-electron chi connectivity index (χ1n) is 4.33. The molecule has 7 heteroatoms. The first-order chi connectivity index (χ1) is 7.16. The minimum absolute atomic E-state index is 0.338. The number of nitrogens with two attached hydrogens (primary N) is 1. The maximum Gasteiger partial charge on any atom is 0.501 e. The van der Waals surface area contributed by atoms with E-state index in [0.29, 0.717) is 5.56 Å². The Balaban J connectivity index is 3.31. The molecule has 0 aliphatic heterocycles. The summed E-state index contributed by atoms with van der Waals surface area (Å²) >= 11 is 0. The smallest absolute Gasteiger partial charge is 0.324 e. The van der Waals surface area contributed by atoms with Crippen LogP contribution in [-0.4, -0.2) is 13.9 Å². The van der Waals surface area contributed by atoms with E-state index in [1.807, 2.05) is 0 Å². The van der Waals surface area contributed by atoms with Crippen molar-refractivity contribution in [2.24, 2.45) is 5.73 Å². The molecule has 0 saturated carbocycles. The summed E-state index contributed by atoms with van der Waals surface area (Å²) < 4.78 is 58.8. The van der Waals surface area contributed by atoms with Gasteiger partial charge in [0.2, 0.25) is 0 Å². The fourth-order valence-electron chi connectivity index (χ4n) is 1.10. The number of rotatable bonds is 2. The summed E-state index contributed by atoms with van der Waals surface area (Å²) in [6, 6.07) is 4.02. The number of alkyl halides is 3. The zero-order valence-electron chi connectivity index (χ0n) is 8.32. The van der Waals surface area contributed by atoms with E-state index in [4.69, 9.17) is 5.73 Å². The van der Waals surface area contributed by atoms with Gasteiger partial charge >= 0.3 is 5.51 Å². The molecule has 0 saturated heterocycles. The molecule has 1 aromatic carbocycles.